The lowest BCUT2D eigenvalue weighted by molar-refractivity contribution is -0.138. The lowest BCUT2D eigenvalue weighted by Crippen LogP contribution is -2.51. The van der Waals surface area contributed by atoms with Gasteiger partial charge in [0.2, 0.25) is 5.91 Å². The Hall–Kier alpha value is -2.87. The molecule has 0 aliphatic carbocycles. The summed E-state index contributed by atoms with van der Waals surface area (Å²) < 4.78 is 39.5. The number of nitrogens with one attached hydrogen (secondary N) is 1. The van der Waals surface area contributed by atoms with Crippen molar-refractivity contribution in [2.75, 3.05) is 32.7 Å². The fourth-order valence-electron chi connectivity index (χ4n) is 3.46. The molecule has 1 aliphatic rings. The number of hydrogen-bond acceptors (Lipinski definition) is 3. The van der Waals surface area contributed by atoms with E-state index in [1.165, 1.54) is 23.1 Å². The second kappa shape index (κ2) is 9.30. The van der Waals surface area contributed by atoms with Crippen molar-refractivity contribution in [3.05, 3.63) is 70.8 Å². The van der Waals surface area contributed by atoms with Crippen molar-refractivity contribution in [3.63, 3.8) is 0 Å². The van der Waals surface area contributed by atoms with Crippen molar-refractivity contribution in [3.8, 4) is 0 Å². The Morgan fingerprint density at radius 3 is 2.27 bits per heavy atom. The molecule has 3 rings (SSSR count). The predicted octanol–water partition coefficient (Wildman–Crippen LogP) is 3.09. The van der Waals surface area contributed by atoms with Crippen LogP contribution < -0.4 is 5.32 Å². The molecule has 0 unspecified atom stereocenters. The van der Waals surface area contributed by atoms with Crippen LogP contribution in [0.3, 0.4) is 0 Å². The maximum absolute atomic E-state index is 13.2. The minimum absolute atomic E-state index is 0.125. The third kappa shape index (κ3) is 5.38. The van der Waals surface area contributed by atoms with E-state index >= 15 is 0 Å². The van der Waals surface area contributed by atoms with E-state index in [0.717, 1.165) is 17.2 Å². The Morgan fingerprint density at radius 2 is 1.60 bits per heavy atom. The summed E-state index contributed by atoms with van der Waals surface area (Å²) in [4.78, 5) is 28.1. The topological polar surface area (TPSA) is 52.7 Å². The van der Waals surface area contributed by atoms with Gasteiger partial charge in [-0.3, -0.25) is 14.5 Å². The first-order valence-corrected chi connectivity index (χ1v) is 9.75. The van der Waals surface area contributed by atoms with E-state index in [9.17, 15) is 22.8 Å². The number of hydrogen-bond donors (Lipinski definition) is 1. The fourth-order valence-corrected chi connectivity index (χ4v) is 3.46. The summed E-state index contributed by atoms with van der Waals surface area (Å²) in [6, 6.07) is 12.6. The van der Waals surface area contributed by atoms with E-state index < -0.39 is 17.6 Å². The van der Waals surface area contributed by atoms with Crippen LogP contribution in [0.2, 0.25) is 0 Å². The van der Waals surface area contributed by atoms with Crippen molar-refractivity contribution in [1.29, 1.82) is 0 Å². The smallest absolute Gasteiger partial charge is 0.351 e. The monoisotopic (exact) mass is 419 g/mol. The molecule has 0 aromatic heterocycles. The molecule has 2 aromatic carbocycles. The maximum atomic E-state index is 13.2. The van der Waals surface area contributed by atoms with Gasteiger partial charge in [-0.1, -0.05) is 36.4 Å². The summed E-state index contributed by atoms with van der Waals surface area (Å²) in [6.07, 6.45) is -4.58. The zero-order valence-corrected chi connectivity index (χ0v) is 16.7. The zero-order valence-electron chi connectivity index (χ0n) is 16.7. The standard InChI is InChI=1S/C22H24F3N3O2/c1-16-6-2-3-7-17(16)14-26-20(29)15-27-10-12-28(13-11-27)21(30)18-8-4-5-9-19(18)22(23,24)25/h2-9H,10-15H2,1H3,(H,26,29). The summed E-state index contributed by atoms with van der Waals surface area (Å²) in [5.74, 6) is -0.757. The zero-order chi connectivity index (χ0) is 21.7. The predicted molar refractivity (Wildman–Crippen MR) is 107 cm³/mol. The average Bonchev–Trinajstić information content (AvgIpc) is 2.72. The van der Waals surface area contributed by atoms with Crippen LogP contribution in [-0.4, -0.2) is 54.3 Å². The van der Waals surface area contributed by atoms with Gasteiger partial charge < -0.3 is 10.2 Å². The molecule has 30 heavy (non-hydrogen) atoms. The second-order valence-electron chi connectivity index (χ2n) is 7.31. The first-order valence-electron chi connectivity index (χ1n) is 9.75. The molecule has 1 N–H and O–H groups in total. The van der Waals surface area contributed by atoms with Crippen molar-refractivity contribution in [2.24, 2.45) is 0 Å². The largest absolute Gasteiger partial charge is 0.417 e. The van der Waals surface area contributed by atoms with Gasteiger partial charge in [-0.2, -0.15) is 13.2 Å². The van der Waals surface area contributed by atoms with Gasteiger partial charge in [-0.05, 0) is 30.2 Å². The lowest BCUT2D eigenvalue weighted by Gasteiger charge is -2.34. The quantitative estimate of drug-likeness (QED) is 0.811. The van der Waals surface area contributed by atoms with E-state index in [-0.39, 0.29) is 31.1 Å². The van der Waals surface area contributed by atoms with Crippen LogP contribution in [0.4, 0.5) is 13.2 Å². The van der Waals surface area contributed by atoms with Crippen molar-refractivity contribution >= 4 is 11.8 Å². The van der Waals surface area contributed by atoms with Crippen LogP contribution in [0.5, 0.6) is 0 Å². The molecule has 0 spiro atoms. The van der Waals surface area contributed by atoms with E-state index in [4.69, 9.17) is 0 Å². The third-order valence-electron chi connectivity index (χ3n) is 5.23. The van der Waals surface area contributed by atoms with Gasteiger partial charge in [-0.15, -0.1) is 0 Å². The van der Waals surface area contributed by atoms with Crippen LogP contribution in [0.15, 0.2) is 48.5 Å². The SMILES string of the molecule is Cc1ccccc1CNC(=O)CN1CCN(C(=O)c2ccccc2C(F)(F)F)CC1. The molecular formula is C22H24F3N3O2. The molecule has 0 atom stereocenters. The van der Waals surface area contributed by atoms with Gasteiger partial charge in [0.1, 0.15) is 0 Å². The maximum Gasteiger partial charge on any atom is 0.417 e. The van der Waals surface area contributed by atoms with Gasteiger partial charge in [0.25, 0.3) is 5.91 Å². The van der Waals surface area contributed by atoms with Gasteiger partial charge in [0, 0.05) is 32.7 Å². The first kappa shape index (κ1) is 21.8. The lowest BCUT2D eigenvalue weighted by atomic mass is 10.1. The molecule has 2 amide bonds. The molecule has 5 nitrogen and oxygen atoms in total. The van der Waals surface area contributed by atoms with E-state index in [1.807, 2.05) is 36.1 Å². The normalized spacial score (nSPS) is 15.1. The van der Waals surface area contributed by atoms with Crippen LogP contribution >= 0.6 is 0 Å². The minimum atomic E-state index is -4.58. The van der Waals surface area contributed by atoms with Crippen LogP contribution in [0, 0.1) is 6.92 Å². The number of nitrogens with zero attached hydrogens (tertiary/aromatic N) is 2. The highest BCUT2D eigenvalue weighted by molar-refractivity contribution is 5.96. The van der Waals surface area contributed by atoms with Gasteiger partial charge >= 0.3 is 6.18 Å². The number of halogens is 3. The first-order chi connectivity index (χ1) is 14.3. The Labute approximate surface area is 173 Å². The molecule has 0 radical (unpaired) electrons. The number of carbonyl (C=O) groups is 2. The Balaban J connectivity index is 1.51. The van der Waals surface area contributed by atoms with E-state index in [0.29, 0.717) is 19.6 Å². The van der Waals surface area contributed by atoms with Crippen molar-refractivity contribution < 1.29 is 22.8 Å². The molecule has 2 aromatic rings. The fraction of sp³-hybridized carbons (Fsp3) is 0.364. The third-order valence-corrected chi connectivity index (χ3v) is 5.23. The molecule has 0 saturated carbocycles. The summed E-state index contributed by atoms with van der Waals surface area (Å²) in [6.45, 7) is 4.02. The highest BCUT2D eigenvalue weighted by Crippen LogP contribution is 2.32. The van der Waals surface area contributed by atoms with Crippen LogP contribution in [0.1, 0.15) is 27.0 Å². The molecular weight excluding hydrogens is 395 g/mol. The number of carbonyl (C=O) groups excluding carboxylic acids is 2. The molecule has 0 bridgehead atoms. The minimum Gasteiger partial charge on any atom is -0.351 e. The molecule has 1 fully saturated rings. The summed E-state index contributed by atoms with van der Waals surface area (Å²) in [7, 11) is 0. The molecule has 1 aliphatic heterocycles. The summed E-state index contributed by atoms with van der Waals surface area (Å²) >= 11 is 0. The van der Waals surface area contributed by atoms with Gasteiger partial charge in [-0.25, -0.2) is 0 Å². The van der Waals surface area contributed by atoms with E-state index in [1.54, 1.807) is 0 Å². The number of alkyl halides is 3. The number of aryl methyl sites for hydroxylation is 1. The van der Waals surface area contributed by atoms with E-state index in [2.05, 4.69) is 5.32 Å². The molecule has 8 heteroatoms. The Bertz CT molecular complexity index is 906. The van der Waals surface area contributed by atoms with Gasteiger partial charge in [0.05, 0.1) is 17.7 Å². The summed E-state index contributed by atoms with van der Waals surface area (Å²) in [5.41, 5.74) is 0.885. The highest BCUT2D eigenvalue weighted by atomic mass is 19.4. The van der Waals surface area contributed by atoms with Crippen molar-refractivity contribution in [2.45, 2.75) is 19.6 Å². The number of rotatable bonds is 5. The molecule has 160 valence electrons. The number of amides is 2. The Morgan fingerprint density at radius 1 is 0.967 bits per heavy atom. The number of benzene rings is 2. The van der Waals surface area contributed by atoms with Crippen molar-refractivity contribution in [1.82, 2.24) is 15.1 Å². The highest BCUT2D eigenvalue weighted by Gasteiger charge is 2.36. The second-order valence-corrected chi connectivity index (χ2v) is 7.31. The average molecular weight is 419 g/mol. The molecule has 1 heterocycles. The molecule has 1 saturated heterocycles. The Kier molecular flexibility index (Phi) is 6.77. The van der Waals surface area contributed by atoms with Gasteiger partial charge in [0.15, 0.2) is 0 Å². The van der Waals surface area contributed by atoms with Crippen LogP contribution in [-0.2, 0) is 17.5 Å². The summed E-state index contributed by atoms with van der Waals surface area (Å²) in [5, 5.41) is 2.88. The number of piperazine rings is 1. The van der Waals surface area contributed by atoms with Crippen LogP contribution in [0.25, 0.3) is 0 Å².